The van der Waals surface area contributed by atoms with Crippen molar-refractivity contribution in [2.45, 2.75) is 11.6 Å². The molecule has 0 spiro atoms. The molecule has 110 valence electrons. The second-order valence-corrected chi connectivity index (χ2v) is 5.75. The van der Waals surface area contributed by atoms with Crippen LogP contribution in [0.1, 0.15) is 0 Å². The summed E-state index contributed by atoms with van der Waals surface area (Å²) >= 11 is 7.59. The summed E-state index contributed by atoms with van der Waals surface area (Å²) in [4.78, 5) is 7.52. The first kappa shape index (κ1) is 14.3. The summed E-state index contributed by atoms with van der Waals surface area (Å²) in [5.74, 6) is 0. The van der Waals surface area contributed by atoms with Crippen LogP contribution in [0.3, 0.4) is 0 Å². The quantitative estimate of drug-likeness (QED) is 0.678. The maximum Gasteiger partial charge on any atom is 0.134 e. The first-order valence-electron chi connectivity index (χ1n) is 6.47. The van der Waals surface area contributed by atoms with E-state index in [0.717, 1.165) is 33.2 Å². The standard InChI is InChI=1S/C14H15ClN4OS/c1-20-6-5-19-8-13(17-9-19)21-18-12-4-2-3-10-11(15)7-16-14(10)12/h2-4,7-9,16,18H,5-6H2,1H3. The van der Waals surface area contributed by atoms with E-state index in [4.69, 9.17) is 16.3 Å². The van der Waals surface area contributed by atoms with Crippen molar-refractivity contribution in [1.82, 2.24) is 14.5 Å². The second kappa shape index (κ2) is 6.43. The Kier molecular flexibility index (Phi) is 4.38. The number of H-pyrrole nitrogens is 1. The molecule has 0 saturated heterocycles. The molecule has 1 aromatic carbocycles. The van der Waals surface area contributed by atoms with Gasteiger partial charge in [0.15, 0.2) is 0 Å². The number of para-hydroxylation sites is 1. The molecule has 0 unspecified atom stereocenters. The van der Waals surface area contributed by atoms with Gasteiger partial charge in [0.05, 0.1) is 29.2 Å². The van der Waals surface area contributed by atoms with Crippen LogP contribution in [-0.2, 0) is 11.3 Å². The van der Waals surface area contributed by atoms with Crippen LogP contribution in [0, 0.1) is 0 Å². The third kappa shape index (κ3) is 3.18. The van der Waals surface area contributed by atoms with E-state index < -0.39 is 0 Å². The van der Waals surface area contributed by atoms with Gasteiger partial charge in [0.2, 0.25) is 0 Å². The lowest BCUT2D eigenvalue weighted by atomic mass is 10.2. The number of aromatic amines is 1. The SMILES string of the molecule is COCCn1cnc(SNc2cccc3c(Cl)c[nH]c23)c1. The maximum atomic E-state index is 6.12. The highest BCUT2D eigenvalue weighted by Crippen LogP contribution is 2.30. The van der Waals surface area contributed by atoms with Gasteiger partial charge >= 0.3 is 0 Å². The Hall–Kier alpha value is -1.63. The first-order chi connectivity index (χ1) is 10.3. The van der Waals surface area contributed by atoms with Gasteiger partial charge in [0.25, 0.3) is 0 Å². The third-order valence-electron chi connectivity index (χ3n) is 3.09. The molecule has 2 N–H and O–H groups in total. The van der Waals surface area contributed by atoms with Gasteiger partial charge in [-0.25, -0.2) is 4.98 Å². The van der Waals surface area contributed by atoms with Crippen LogP contribution < -0.4 is 4.72 Å². The molecule has 3 aromatic rings. The van der Waals surface area contributed by atoms with Crippen LogP contribution in [0.15, 0.2) is 41.9 Å². The van der Waals surface area contributed by atoms with Gasteiger partial charge in [-0.15, -0.1) is 0 Å². The minimum absolute atomic E-state index is 0.675. The fourth-order valence-electron chi connectivity index (χ4n) is 2.02. The second-order valence-electron chi connectivity index (χ2n) is 4.51. The van der Waals surface area contributed by atoms with E-state index in [0.29, 0.717) is 6.61 Å². The highest BCUT2D eigenvalue weighted by molar-refractivity contribution is 8.00. The van der Waals surface area contributed by atoms with Crippen molar-refractivity contribution in [3.05, 3.63) is 41.9 Å². The molecule has 0 atom stereocenters. The topological polar surface area (TPSA) is 54.9 Å². The number of anilines is 1. The summed E-state index contributed by atoms with van der Waals surface area (Å²) in [6.07, 6.45) is 5.58. The molecule has 0 aliphatic carbocycles. The van der Waals surface area contributed by atoms with Crippen molar-refractivity contribution in [2.75, 3.05) is 18.4 Å². The van der Waals surface area contributed by atoms with Crippen LogP contribution in [-0.4, -0.2) is 28.3 Å². The fraction of sp³-hybridized carbons (Fsp3) is 0.214. The molecular weight excluding hydrogens is 308 g/mol. The maximum absolute atomic E-state index is 6.12. The smallest absolute Gasteiger partial charge is 0.134 e. The van der Waals surface area contributed by atoms with Gasteiger partial charge < -0.3 is 19.0 Å². The summed E-state index contributed by atoms with van der Waals surface area (Å²) in [5, 5.41) is 2.64. The third-order valence-corrected chi connectivity index (χ3v) is 4.15. The lowest BCUT2D eigenvalue weighted by Gasteiger charge is -2.05. The minimum Gasteiger partial charge on any atom is -0.383 e. The molecular formula is C14H15ClN4OS. The zero-order chi connectivity index (χ0) is 14.7. The van der Waals surface area contributed by atoms with E-state index in [2.05, 4.69) is 14.7 Å². The Morgan fingerprint density at radius 2 is 2.38 bits per heavy atom. The Morgan fingerprint density at radius 3 is 3.24 bits per heavy atom. The van der Waals surface area contributed by atoms with Crippen molar-refractivity contribution in [2.24, 2.45) is 0 Å². The van der Waals surface area contributed by atoms with Gasteiger partial charge in [-0.3, -0.25) is 0 Å². The number of aromatic nitrogens is 3. The van der Waals surface area contributed by atoms with E-state index >= 15 is 0 Å². The van der Waals surface area contributed by atoms with Crippen molar-refractivity contribution in [3.63, 3.8) is 0 Å². The molecule has 0 bridgehead atoms. The number of hydrogen-bond donors (Lipinski definition) is 2. The van der Waals surface area contributed by atoms with Crippen LogP contribution in [0.5, 0.6) is 0 Å². The number of hydrogen-bond acceptors (Lipinski definition) is 4. The Bertz CT molecular complexity index is 739. The van der Waals surface area contributed by atoms with Crippen molar-refractivity contribution < 1.29 is 4.74 Å². The molecule has 0 aliphatic rings. The molecule has 2 heterocycles. The summed E-state index contributed by atoms with van der Waals surface area (Å²) in [6, 6.07) is 5.97. The number of methoxy groups -OCH3 is 1. The summed E-state index contributed by atoms with van der Waals surface area (Å²) in [6.45, 7) is 1.47. The molecule has 0 aliphatic heterocycles. The first-order valence-corrected chi connectivity index (χ1v) is 7.66. The molecule has 7 heteroatoms. The van der Waals surface area contributed by atoms with Gasteiger partial charge in [-0.1, -0.05) is 23.7 Å². The lowest BCUT2D eigenvalue weighted by Crippen LogP contribution is -2.00. The molecule has 0 fully saturated rings. The van der Waals surface area contributed by atoms with Gasteiger partial charge in [0.1, 0.15) is 5.03 Å². The van der Waals surface area contributed by atoms with E-state index in [-0.39, 0.29) is 0 Å². The van der Waals surface area contributed by atoms with E-state index in [1.165, 1.54) is 11.9 Å². The zero-order valence-corrected chi connectivity index (χ0v) is 13.0. The molecule has 2 aromatic heterocycles. The normalized spacial score (nSPS) is 11.1. The number of fused-ring (bicyclic) bond motifs is 1. The number of halogens is 1. The average molecular weight is 323 g/mol. The van der Waals surface area contributed by atoms with E-state index in [1.54, 1.807) is 19.6 Å². The van der Waals surface area contributed by atoms with Gasteiger partial charge in [0, 0.05) is 43.4 Å². The van der Waals surface area contributed by atoms with Crippen LogP contribution in [0.4, 0.5) is 5.69 Å². The minimum atomic E-state index is 0.675. The summed E-state index contributed by atoms with van der Waals surface area (Å²) in [5.41, 5.74) is 1.98. The number of nitrogens with one attached hydrogen (secondary N) is 2. The molecule has 21 heavy (non-hydrogen) atoms. The number of rotatable bonds is 6. The van der Waals surface area contributed by atoms with Gasteiger partial charge in [-0.05, 0) is 6.07 Å². The van der Waals surface area contributed by atoms with Crippen molar-refractivity contribution >= 4 is 40.1 Å². The molecule has 0 saturated carbocycles. The van der Waals surface area contributed by atoms with Crippen LogP contribution >= 0.6 is 23.5 Å². The summed E-state index contributed by atoms with van der Waals surface area (Å²) in [7, 11) is 1.69. The zero-order valence-electron chi connectivity index (χ0n) is 11.5. The Balaban J connectivity index is 1.70. The van der Waals surface area contributed by atoms with Crippen molar-refractivity contribution in [3.8, 4) is 0 Å². The molecule has 0 amide bonds. The average Bonchev–Trinajstić information content (AvgIpc) is 3.11. The highest BCUT2D eigenvalue weighted by atomic mass is 35.5. The predicted molar refractivity (Wildman–Crippen MR) is 86.9 cm³/mol. The van der Waals surface area contributed by atoms with Gasteiger partial charge in [-0.2, -0.15) is 0 Å². The number of imidazole rings is 1. The number of nitrogens with zero attached hydrogens (tertiary/aromatic N) is 2. The number of ether oxygens (including phenoxy) is 1. The lowest BCUT2D eigenvalue weighted by molar-refractivity contribution is 0.187. The number of benzene rings is 1. The van der Waals surface area contributed by atoms with Crippen molar-refractivity contribution in [1.29, 1.82) is 0 Å². The molecule has 5 nitrogen and oxygen atoms in total. The molecule has 0 radical (unpaired) electrons. The highest BCUT2D eigenvalue weighted by Gasteiger charge is 2.07. The van der Waals surface area contributed by atoms with Crippen LogP contribution in [0.2, 0.25) is 5.02 Å². The van der Waals surface area contributed by atoms with Crippen LogP contribution in [0.25, 0.3) is 10.9 Å². The Morgan fingerprint density at radius 1 is 1.48 bits per heavy atom. The fourth-order valence-corrected chi connectivity index (χ4v) is 2.91. The summed E-state index contributed by atoms with van der Waals surface area (Å²) < 4.78 is 10.4. The molecule has 3 rings (SSSR count). The van der Waals surface area contributed by atoms with E-state index in [9.17, 15) is 0 Å². The monoisotopic (exact) mass is 322 g/mol. The largest absolute Gasteiger partial charge is 0.383 e. The predicted octanol–water partition coefficient (Wildman–Crippen LogP) is 3.78. The Labute approximate surface area is 131 Å². The van der Waals surface area contributed by atoms with E-state index in [1.807, 2.05) is 29.0 Å².